The summed E-state index contributed by atoms with van der Waals surface area (Å²) in [5.41, 5.74) is 10.6. The normalized spacial score (nSPS) is 12.3. The van der Waals surface area contributed by atoms with E-state index in [9.17, 15) is 8.78 Å². The van der Waals surface area contributed by atoms with Gasteiger partial charge in [-0.05, 0) is 86.9 Å². The van der Waals surface area contributed by atoms with Crippen LogP contribution in [-0.4, -0.2) is 16.7 Å². The average Bonchev–Trinajstić information content (AvgIpc) is 3.62. The predicted octanol–water partition coefficient (Wildman–Crippen LogP) is 11.0. The quantitative estimate of drug-likeness (QED) is 0.130. The van der Waals surface area contributed by atoms with Gasteiger partial charge in [0.1, 0.15) is 28.6 Å². The molecule has 0 spiro atoms. The second-order valence-electron chi connectivity index (χ2n) is 15.4. The Morgan fingerprint density at radius 3 is 1.98 bits per heavy atom. The molecular weight excluding hydrogens is 918 g/mol. The number of rotatable bonds is 3. The Balaban J connectivity index is 0.000000255. The summed E-state index contributed by atoms with van der Waals surface area (Å²) in [7, 11) is 0. The molecule has 5 nitrogen and oxygen atoms in total. The molecule has 3 aromatic heterocycles. The van der Waals surface area contributed by atoms with Crippen LogP contribution >= 0.6 is 0 Å². The maximum absolute atomic E-state index is 13.2. The Morgan fingerprint density at radius 1 is 0.610 bits per heavy atom. The first-order chi connectivity index (χ1) is 28.2. The van der Waals surface area contributed by atoms with E-state index >= 15 is 0 Å². The molecule has 0 saturated carbocycles. The van der Waals surface area contributed by atoms with E-state index in [4.69, 9.17) is 18.9 Å². The average molecular weight is 951 g/mol. The van der Waals surface area contributed by atoms with Gasteiger partial charge in [-0.15, -0.1) is 30.3 Å². The topological polar surface area (TPSA) is 57.4 Å². The van der Waals surface area contributed by atoms with Gasteiger partial charge in [-0.25, -0.2) is 0 Å². The van der Waals surface area contributed by atoms with Gasteiger partial charge in [0.05, 0.1) is 5.58 Å². The summed E-state index contributed by atoms with van der Waals surface area (Å²) in [5.74, 6) is 2.12. The number of nitrogens with zero attached hydrogens (tertiary/aromatic N) is 2. The fraction of sp³-hybridized carbons (Fsp3) is 0.0800. The minimum absolute atomic E-state index is 0. The molecule has 11 rings (SSSR count). The Morgan fingerprint density at radius 2 is 1.31 bits per heavy atom. The first-order valence-corrected chi connectivity index (χ1v) is 19.0. The Labute approximate surface area is 354 Å². The molecule has 2 aliphatic rings. The molecule has 5 heterocycles. The molecule has 9 heteroatoms. The summed E-state index contributed by atoms with van der Waals surface area (Å²) in [6.45, 7) is 6.69. The van der Waals surface area contributed by atoms with Crippen molar-refractivity contribution in [2.75, 3.05) is 0 Å². The molecule has 59 heavy (non-hydrogen) atoms. The van der Waals surface area contributed by atoms with Crippen molar-refractivity contribution in [2.45, 2.75) is 26.2 Å². The van der Waals surface area contributed by atoms with Gasteiger partial charge >= 0.3 is 0 Å². The summed E-state index contributed by atoms with van der Waals surface area (Å²) in [4.78, 5) is 8.64. The molecule has 0 atom stereocenters. The molecule has 289 valence electrons. The standard InChI is InChI=1S/C39H27BNO3.C11H6F2N.Ir/c1-39(2,3)25-17-18-41-31(22-25)28-10-8-9-27-26-16-15-23(19-34(26)44-38(27)28)24-20-35-37-36(21-24)43-33-14-7-5-12-30(33)40(37)29-11-4-6-13-32(29)42-35;12-8-4-5-9(10(13)7-8)11-3-1-2-6-14-11;/h4-9,11-22H,1-3H3;1-4,6-7H;/q2*-1;. The van der Waals surface area contributed by atoms with Gasteiger partial charge < -0.3 is 23.9 Å². The number of fused-ring (bicyclic) bond motifs is 7. The van der Waals surface area contributed by atoms with Crippen LogP contribution in [-0.2, 0) is 25.5 Å². The van der Waals surface area contributed by atoms with E-state index in [0.717, 1.165) is 95.8 Å². The molecule has 6 aromatic carbocycles. The van der Waals surface area contributed by atoms with Gasteiger partial charge in [-0.2, -0.15) is 0 Å². The van der Waals surface area contributed by atoms with E-state index in [1.54, 1.807) is 24.4 Å². The Kier molecular flexibility index (Phi) is 9.74. The summed E-state index contributed by atoms with van der Waals surface area (Å²) in [6, 6.07) is 48.4. The monoisotopic (exact) mass is 951 g/mol. The fourth-order valence-corrected chi connectivity index (χ4v) is 7.86. The SMILES string of the molecule is CC(C)(C)c1ccnc(-c2[c-]ccc3c2oc2cc(-c4cc5c6c(c4)Oc4ccccc4B6c4ccccc4O5)ccc23)c1.Fc1c[c-]c(-c2ccccn2)c(F)c1.[Ir]. The molecule has 1 radical (unpaired) electrons. The summed E-state index contributed by atoms with van der Waals surface area (Å²) < 4.78 is 45.4. The zero-order chi connectivity index (χ0) is 39.5. The van der Waals surface area contributed by atoms with E-state index in [-0.39, 0.29) is 37.8 Å². The van der Waals surface area contributed by atoms with Crippen LogP contribution in [0, 0.1) is 23.8 Å². The molecule has 0 aliphatic carbocycles. The molecule has 0 saturated heterocycles. The summed E-state index contributed by atoms with van der Waals surface area (Å²) in [5, 5.41) is 2.10. The van der Waals surface area contributed by atoms with Gasteiger partial charge in [-0.3, -0.25) is 8.78 Å². The van der Waals surface area contributed by atoms with E-state index in [1.165, 1.54) is 5.56 Å². The number of halogens is 2. The van der Waals surface area contributed by atoms with Gasteiger partial charge in [-0.1, -0.05) is 110 Å². The molecule has 0 fully saturated rings. The van der Waals surface area contributed by atoms with Gasteiger partial charge in [0.15, 0.2) is 0 Å². The van der Waals surface area contributed by atoms with Crippen molar-refractivity contribution in [3.8, 4) is 56.6 Å². The summed E-state index contributed by atoms with van der Waals surface area (Å²) in [6.07, 6.45) is 3.42. The second kappa shape index (κ2) is 15.1. The third-order valence-corrected chi connectivity index (χ3v) is 10.7. The van der Waals surface area contributed by atoms with Crippen LogP contribution < -0.4 is 25.9 Å². The van der Waals surface area contributed by atoms with Crippen molar-refractivity contribution in [1.29, 1.82) is 0 Å². The van der Waals surface area contributed by atoms with Crippen LogP contribution in [0.25, 0.3) is 55.6 Å². The van der Waals surface area contributed by atoms with E-state index in [2.05, 4.69) is 111 Å². The molecule has 0 bridgehead atoms. The fourth-order valence-electron chi connectivity index (χ4n) is 7.86. The van der Waals surface area contributed by atoms with Crippen LogP contribution in [0.2, 0.25) is 0 Å². The number of aromatic nitrogens is 2. The first kappa shape index (κ1) is 38.1. The smallest absolute Gasteiger partial charge is 0.260 e. The first-order valence-electron chi connectivity index (χ1n) is 19.0. The number of benzene rings is 6. The maximum atomic E-state index is 13.2. The maximum Gasteiger partial charge on any atom is 0.260 e. The van der Waals surface area contributed by atoms with Crippen LogP contribution in [0.4, 0.5) is 8.78 Å². The third-order valence-electron chi connectivity index (χ3n) is 10.7. The second-order valence-corrected chi connectivity index (χ2v) is 15.4. The van der Waals surface area contributed by atoms with Crippen LogP contribution in [0.1, 0.15) is 26.3 Å². The third kappa shape index (κ3) is 6.90. The number of pyridine rings is 2. The largest absolute Gasteiger partial charge is 0.501 e. The van der Waals surface area contributed by atoms with Crippen LogP contribution in [0.15, 0.2) is 150 Å². The molecule has 2 aliphatic heterocycles. The predicted molar refractivity (Wildman–Crippen MR) is 226 cm³/mol. The van der Waals surface area contributed by atoms with Gasteiger partial charge in [0.25, 0.3) is 6.71 Å². The minimum Gasteiger partial charge on any atom is -0.501 e. The van der Waals surface area contributed by atoms with Crippen molar-refractivity contribution < 1.29 is 42.8 Å². The molecular formula is C50H33BF2IrN2O3-2. The number of hydrogen-bond acceptors (Lipinski definition) is 5. The van der Waals surface area contributed by atoms with Crippen molar-refractivity contribution in [3.63, 3.8) is 0 Å². The molecule has 0 amide bonds. The Hall–Kier alpha value is -6.41. The zero-order valence-electron chi connectivity index (χ0n) is 32.1. The molecule has 9 aromatic rings. The van der Waals surface area contributed by atoms with Crippen LogP contribution in [0.3, 0.4) is 0 Å². The number of ether oxygens (including phenoxy) is 2. The van der Waals surface area contributed by atoms with Crippen molar-refractivity contribution >= 4 is 45.0 Å². The van der Waals surface area contributed by atoms with Gasteiger partial charge in [0.2, 0.25) is 0 Å². The number of furan rings is 1. The number of para-hydroxylation sites is 2. The van der Waals surface area contributed by atoms with Gasteiger partial charge in [0, 0.05) is 55.0 Å². The van der Waals surface area contributed by atoms with Crippen molar-refractivity contribution in [2.24, 2.45) is 0 Å². The van der Waals surface area contributed by atoms with E-state index in [1.807, 2.05) is 36.5 Å². The van der Waals surface area contributed by atoms with Crippen molar-refractivity contribution in [1.82, 2.24) is 9.97 Å². The number of hydrogen-bond donors (Lipinski definition) is 0. The Bertz CT molecular complexity index is 2980. The van der Waals surface area contributed by atoms with Crippen LogP contribution in [0.5, 0.6) is 23.0 Å². The van der Waals surface area contributed by atoms with Crippen molar-refractivity contribution in [3.05, 3.63) is 175 Å². The van der Waals surface area contributed by atoms with E-state index < -0.39 is 11.6 Å². The van der Waals surface area contributed by atoms with E-state index in [0.29, 0.717) is 5.69 Å². The minimum atomic E-state index is -0.649. The molecule has 0 N–H and O–H groups in total. The molecule has 0 unspecified atom stereocenters. The zero-order valence-corrected chi connectivity index (χ0v) is 34.5. The summed E-state index contributed by atoms with van der Waals surface area (Å²) >= 11 is 0.